The second-order valence-corrected chi connectivity index (χ2v) is 4.22. The van der Waals surface area contributed by atoms with E-state index in [2.05, 4.69) is 5.32 Å². The molecular formula is C14H10F3NO2. The van der Waals surface area contributed by atoms with Crippen LogP contribution in [-0.2, 0) is 0 Å². The van der Waals surface area contributed by atoms with Crippen molar-refractivity contribution in [3.05, 3.63) is 58.9 Å². The molecule has 2 rings (SSSR count). The maximum Gasteiger partial charge on any atom is 0.259 e. The molecule has 0 saturated carbocycles. The minimum absolute atomic E-state index is 0.0888. The van der Waals surface area contributed by atoms with Crippen molar-refractivity contribution >= 4 is 11.6 Å². The lowest BCUT2D eigenvalue weighted by Crippen LogP contribution is -2.14. The standard InChI is InChI=1S/C14H10F3NO2/c1-7-2-3-13(19)8(4-7)14(20)18-12-6-10(16)9(15)5-11(12)17/h2-6,19H,1H3,(H,18,20). The van der Waals surface area contributed by atoms with Gasteiger partial charge in [0.2, 0.25) is 0 Å². The third-order valence-electron chi connectivity index (χ3n) is 2.65. The summed E-state index contributed by atoms with van der Waals surface area (Å²) in [6.07, 6.45) is 0. The number of carbonyl (C=O) groups excluding carboxylic acids is 1. The number of carbonyl (C=O) groups is 1. The van der Waals surface area contributed by atoms with Crippen molar-refractivity contribution in [3.63, 3.8) is 0 Å². The zero-order chi connectivity index (χ0) is 14.9. The molecule has 0 aliphatic carbocycles. The van der Waals surface area contributed by atoms with Crippen LogP contribution in [0.2, 0.25) is 0 Å². The summed E-state index contributed by atoms with van der Waals surface area (Å²) in [5.41, 5.74) is 0.114. The van der Waals surface area contributed by atoms with Crippen LogP contribution in [0.25, 0.3) is 0 Å². The number of halogens is 3. The summed E-state index contributed by atoms with van der Waals surface area (Å²) in [5, 5.41) is 11.6. The number of nitrogens with one attached hydrogen (secondary N) is 1. The molecule has 0 fully saturated rings. The largest absolute Gasteiger partial charge is 0.507 e. The van der Waals surface area contributed by atoms with Gasteiger partial charge in [-0.05, 0) is 19.1 Å². The van der Waals surface area contributed by atoms with Gasteiger partial charge in [0.15, 0.2) is 11.6 Å². The average molecular weight is 281 g/mol. The summed E-state index contributed by atoms with van der Waals surface area (Å²) in [5.74, 6) is -4.86. The van der Waals surface area contributed by atoms with Gasteiger partial charge in [-0.15, -0.1) is 0 Å². The van der Waals surface area contributed by atoms with Crippen LogP contribution >= 0.6 is 0 Å². The summed E-state index contributed by atoms with van der Waals surface area (Å²) in [7, 11) is 0. The molecule has 1 amide bonds. The third kappa shape index (κ3) is 2.74. The first-order valence-corrected chi connectivity index (χ1v) is 5.64. The van der Waals surface area contributed by atoms with E-state index in [1.807, 2.05) is 0 Å². The molecule has 0 aliphatic rings. The molecule has 2 aromatic rings. The van der Waals surface area contributed by atoms with E-state index in [1.54, 1.807) is 13.0 Å². The highest BCUT2D eigenvalue weighted by Gasteiger charge is 2.16. The number of hydrogen-bond donors (Lipinski definition) is 2. The molecule has 0 spiro atoms. The summed E-state index contributed by atoms with van der Waals surface area (Å²) < 4.78 is 39.2. The molecule has 0 atom stereocenters. The lowest BCUT2D eigenvalue weighted by Gasteiger charge is -2.09. The zero-order valence-corrected chi connectivity index (χ0v) is 10.4. The SMILES string of the molecule is Cc1ccc(O)c(C(=O)Nc2cc(F)c(F)cc2F)c1. The predicted molar refractivity (Wildman–Crippen MR) is 67.1 cm³/mol. The molecule has 0 radical (unpaired) electrons. The van der Waals surface area contributed by atoms with E-state index in [-0.39, 0.29) is 11.3 Å². The van der Waals surface area contributed by atoms with Gasteiger partial charge in [-0.1, -0.05) is 11.6 Å². The number of hydrogen-bond acceptors (Lipinski definition) is 2. The van der Waals surface area contributed by atoms with Crippen molar-refractivity contribution in [3.8, 4) is 5.75 Å². The lowest BCUT2D eigenvalue weighted by atomic mass is 10.1. The Morgan fingerprint density at radius 1 is 1.05 bits per heavy atom. The Balaban J connectivity index is 2.32. The molecule has 0 aromatic heterocycles. The van der Waals surface area contributed by atoms with Crippen LogP contribution in [0.3, 0.4) is 0 Å². The van der Waals surface area contributed by atoms with E-state index in [1.165, 1.54) is 12.1 Å². The highest BCUT2D eigenvalue weighted by Crippen LogP contribution is 2.22. The second kappa shape index (κ2) is 5.24. The van der Waals surface area contributed by atoms with Gasteiger partial charge in [0, 0.05) is 12.1 Å². The van der Waals surface area contributed by atoms with E-state index in [0.29, 0.717) is 17.7 Å². The van der Waals surface area contributed by atoms with Crippen LogP contribution in [0.15, 0.2) is 30.3 Å². The number of amides is 1. The fourth-order valence-corrected chi connectivity index (χ4v) is 1.64. The van der Waals surface area contributed by atoms with Crippen LogP contribution in [-0.4, -0.2) is 11.0 Å². The van der Waals surface area contributed by atoms with Crippen molar-refractivity contribution in [1.29, 1.82) is 0 Å². The van der Waals surface area contributed by atoms with Gasteiger partial charge < -0.3 is 10.4 Å². The number of aryl methyl sites for hydroxylation is 1. The van der Waals surface area contributed by atoms with Crippen molar-refractivity contribution in [2.75, 3.05) is 5.32 Å². The smallest absolute Gasteiger partial charge is 0.259 e. The number of aromatic hydroxyl groups is 1. The Bertz CT molecular complexity index is 686. The van der Waals surface area contributed by atoms with Gasteiger partial charge in [-0.2, -0.15) is 0 Å². The molecule has 3 nitrogen and oxygen atoms in total. The van der Waals surface area contributed by atoms with Crippen molar-refractivity contribution in [2.24, 2.45) is 0 Å². The minimum atomic E-state index is -1.35. The van der Waals surface area contributed by atoms with Crippen LogP contribution in [0.5, 0.6) is 5.75 Å². The van der Waals surface area contributed by atoms with E-state index in [0.717, 1.165) is 0 Å². The fraction of sp³-hybridized carbons (Fsp3) is 0.0714. The predicted octanol–water partition coefficient (Wildman–Crippen LogP) is 3.37. The van der Waals surface area contributed by atoms with Crippen LogP contribution in [0, 0.1) is 24.4 Å². The molecule has 0 unspecified atom stereocenters. The molecule has 2 N–H and O–H groups in total. The summed E-state index contributed by atoms with van der Waals surface area (Å²) in [4.78, 5) is 11.9. The molecule has 2 aromatic carbocycles. The maximum atomic E-state index is 13.4. The quantitative estimate of drug-likeness (QED) is 0.829. The van der Waals surface area contributed by atoms with E-state index >= 15 is 0 Å². The summed E-state index contributed by atoms with van der Waals surface area (Å²) in [6.45, 7) is 1.70. The highest BCUT2D eigenvalue weighted by molar-refractivity contribution is 6.06. The van der Waals surface area contributed by atoms with Crippen molar-refractivity contribution < 1.29 is 23.1 Å². The normalized spacial score (nSPS) is 10.4. The van der Waals surface area contributed by atoms with Gasteiger partial charge in [0.25, 0.3) is 5.91 Å². The number of anilines is 1. The molecule has 0 bridgehead atoms. The topological polar surface area (TPSA) is 49.3 Å². The summed E-state index contributed by atoms with van der Waals surface area (Å²) >= 11 is 0. The molecule has 20 heavy (non-hydrogen) atoms. The number of benzene rings is 2. The molecular weight excluding hydrogens is 271 g/mol. The molecule has 0 saturated heterocycles. The number of phenols is 1. The van der Waals surface area contributed by atoms with Crippen molar-refractivity contribution in [2.45, 2.75) is 6.92 Å². The van der Waals surface area contributed by atoms with E-state index < -0.39 is 29.0 Å². The van der Waals surface area contributed by atoms with Crippen LogP contribution in [0.4, 0.5) is 18.9 Å². The third-order valence-corrected chi connectivity index (χ3v) is 2.65. The molecule has 6 heteroatoms. The highest BCUT2D eigenvalue weighted by atomic mass is 19.2. The molecule has 104 valence electrons. The van der Waals surface area contributed by atoms with Crippen LogP contribution in [0.1, 0.15) is 15.9 Å². The van der Waals surface area contributed by atoms with Gasteiger partial charge >= 0.3 is 0 Å². The lowest BCUT2D eigenvalue weighted by molar-refractivity contribution is 0.102. The Hall–Kier alpha value is -2.50. The van der Waals surface area contributed by atoms with E-state index in [4.69, 9.17) is 0 Å². The van der Waals surface area contributed by atoms with Gasteiger partial charge in [-0.3, -0.25) is 4.79 Å². The monoisotopic (exact) mass is 281 g/mol. The first-order chi connectivity index (χ1) is 9.38. The van der Waals surface area contributed by atoms with Gasteiger partial charge in [0.05, 0.1) is 11.3 Å². The number of phenolic OH excluding ortho intramolecular Hbond substituents is 1. The second-order valence-electron chi connectivity index (χ2n) is 4.22. The maximum absolute atomic E-state index is 13.4. The van der Waals surface area contributed by atoms with Gasteiger partial charge in [0.1, 0.15) is 11.6 Å². The Morgan fingerprint density at radius 3 is 2.40 bits per heavy atom. The summed E-state index contributed by atoms with van der Waals surface area (Å²) in [6, 6.07) is 5.16. The average Bonchev–Trinajstić information content (AvgIpc) is 2.38. The Labute approximate surface area is 112 Å². The molecule has 0 aliphatic heterocycles. The van der Waals surface area contributed by atoms with Crippen molar-refractivity contribution in [1.82, 2.24) is 0 Å². The zero-order valence-electron chi connectivity index (χ0n) is 10.4. The number of rotatable bonds is 2. The molecule has 0 heterocycles. The fourth-order valence-electron chi connectivity index (χ4n) is 1.64. The van der Waals surface area contributed by atoms with Crippen LogP contribution < -0.4 is 5.32 Å². The first-order valence-electron chi connectivity index (χ1n) is 5.64. The Kier molecular flexibility index (Phi) is 3.65. The Morgan fingerprint density at radius 2 is 1.70 bits per heavy atom. The van der Waals surface area contributed by atoms with Gasteiger partial charge in [-0.25, -0.2) is 13.2 Å². The van der Waals surface area contributed by atoms with E-state index in [9.17, 15) is 23.1 Å². The minimum Gasteiger partial charge on any atom is -0.507 e. The first kappa shape index (κ1) is 13.9.